The molecular formula is C19H10FN3O4. The van der Waals surface area contributed by atoms with Gasteiger partial charge in [0.2, 0.25) is 0 Å². The summed E-state index contributed by atoms with van der Waals surface area (Å²) in [6.07, 6.45) is 0. The van der Waals surface area contributed by atoms with Gasteiger partial charge in [-0.3, -0.25) is 20.2 Å². The van der Waals surface area contributed by atoms with E-state index in [4.69, 9.17) is 0 Å². The average molecular weight is 363 g/mol. The van der Waals surface area contributed by atoms with Gasteiger partial charge >= 0.3 is 0 Å². The van der Waals surface area contributed by atoms with Crippen molar-refractivity contribution in [2.45, 2.75) is 0 Å². The molecule has 7 nitrogen and oxygen atoms in total. The Labute approximate surface area is 151 Å². The summed E-state index contributed by atoms with van der Waals surface area (Å²) in [4.78, 5) is 25.8. The van der Waals surface area contributed by atoms with Gasteiger partial charge in [0.15, 0.2) is 0 Å². The van der Waals surface area contributed by atoms with E-state index >= 15 is 0 Å². The van der Waals surface area contributed by atoms with E-state index in [1.165, 1.54) is 48.5 Å². The number of fused-ring (bicyclic) bond motifs is 3. The van der Waals surface area contributed by atoms with Gasteiger partial charge in [-0.2, -0.15) is 0 Å². The first-order valence-electron chi connectivity index (χ1n) is 7.86. The zero-order valence-electron chi connectivity index (χ0n) is 13.6. The highest BCUT2D eigenvalue weighted by molar-refractivity contribution is 6.25. The first-order valence-corrected chi connectivity index (χ1v) is 7.86. The van der Waals surface area contributed by atoms with E-state index in [0.29, 0.717) is 33.7 Å². The van der Waals surface area contributed by atoms with Crippen LogP contribution in [-0.4, -0.2) is 15.6 Å². The molecule has 0 aromatic heterocycles. The molecule has 0 aliphatic heterocycles. The van der Waals surface area contributed by atoms with Crippen molar-refractivity contribution in [1.82, 2.24) is 0 Å². The summed E-state index contributed by atoms with van der Waals surface area (Å²) in [6, 6.07) is 14.2. The van der Waals surface area contributed by atoms with E-state index in [1.807, 2.05) is 0 Å². The molecule has 27 heavy (non-hydrogen) atoms. The zero-order chi connectivity index (χ0) is 19.1. The van der Waals surface area contributed by atoms with Crippen LogP contribution in [0.2, 0.25) is 0 Å². The van der Waals surface area contributed by atoms with Crippen LogP contribution in [0.5, 0.6) is 0 Å². The van der Waals surface area contributed by atoms with Crippen molar-refractivity contribution in [1.29, 1.82) is 0 Å². The van der Waals surface area contributed by atoms with Crippen LogP contribution < -0.4 is 0 Å². The number of nitro groups is 2. The predicted molar refractivity (Wildman–Crippen MR) is 96.9 cm³/mol. The third-order valence-electron chi connectivity index (χ3n) is 4.30. The van der Waals surface area contributed by atoms with Crippen LogP contribution in [0.4, 0.5) is 21.5 Å². The number of nitrogens with zero attached hydrogens (tertiary/aromatic N) is 3. The molecule has 0 radical (unpaired) electrons. The minimum absolute atomic E-state index is 0.108. The number of non-ortho nitro benzene ring substituents is 2. The molecule has 0 saturated heterocycles. The number of hydrogen-bond donors (Lipinski definition) is 0. The number of aliphatic imine (C=N–C) groups is 1. The fraction of sp³-hybridized carbons (Fsp3) is 0. The van der Waals surface area contributed by atoms with E-state index < -0.39 is 15.7 Å². The number of rotatable bonds is 3. The lowest BCUT2D eigenvalue weighted by molar-refractivity contribution is -0.385. The Bertz CT molecular complexity index is 1070. The number of halogens is 1. The number of nitro benzene ring substituents is 2. The zero-order valence-corrected chi connectivity index (χ0v) is 13.6. The predicted octanol–water partition coefficient (Wildman–Crippen LogP) is 4.79. The van der Waals surface area contributed by atoms with Gasteiger partial charge in [-0.15, -0.1) is 0 Å². The van der Waals surface area contributed by atoms with Crippen LogP contribution in [-0.2, 0) is 0 Å². The third kappa shape index (κ3) is 2.82. The molecule has 1 aliphatic rings. The Kier molecular flexibility index (Phi) is 3.73. The molecule has 1 aliphatic carbocycles. The summed E-state index contributed by atoms with van der Waals surface area (Å²) in [5.74, 6) is -0.419. The lowest BCUT2D eigenvalue weighted by atomic mass is 10.1. The maximum atomic E-state index is 13.2. The molecule has 3 aromatic rings. The van der Waals surface area contributed by atoms with Crippen LogP contribution in [0.15, 0.2) is 65.7 Å². The summed E-state index contributed by atoms with van der Waals surface area (Å²) in [5.41, 5.74) is 3.00. The maximum Gasteiger partial charge on any atom is 0.270 e. The molecular weight excluding hydrogens is 353 g/mol. The van der Waals surface area contributed by atoms with Gasteiger partial charge in [0.05, 0.1) is 21.2 Å². The normalized spacial score (nSPS) is 11.7. The molecule has 3 aromatic carbocycles. The third-order valence-corrected chi connectivity index (χ3v) is 4.30. The molecule has 4 rings (SSSR count). The Morgan fingerprint density at radius 1 is 0.704 bits per heavy atom. The van der Waals surface area contributed by atoms with Crippen LogP contribution in [0, 0.1) is 26.0 Å². The molecule has 0 amide bonds. The second-order valence-electron chi connectivity index (χ2n) is 5.91. The quantitative estimate of drug-likeness (QED) is 0.386. The fourth-order valence-corrected chi connectivity index (χ4v) is 3.06. The van der Waals surface area contributed by atoms with Gasteiger partial charge in [0.25, 0.3) is 11.4 Å². The smallest absolute Gasteiger partial charge is 0.258 e. The number of benzene rings is 3. The molecule has 8 heteroatoms. The highest BCUT2D eigenvalue weighted by atomic mass is 19.1. The SMILES string of the molecule is O=[N+]([O-])c1ccc2c(c1)C(=Nc1ccc(F)cc1)c1cc([N+](=O)[O-])ccc1-2. The van der Waals surface area contributed by atoms with E-state index in [0.717, 1.165) is 0 Å². The molecule has 0 spiro atoms. The van der Waals surface area contributed by atoms with Crippen LogP contribution in [0.25, 0.3) is 11.1 Å². The van der Waals surface area contributed by atoms with Crippen LogP contribution in [0.1, 0.15) is 11.1 Å². The highest BCUT2D eigenvalue weighted by Crippen LogP contribution is 2.41. The van der Waals surface area contributed by atoms with E-state index in [9.17, 15) is 24.6 Å². The van der Waals surface area contributed by atoms with Gasteiger partial charge in [0, 0.05) is 35.4 Å². The van der Waals surface area contributed by atoms with Crippen molar-refractivity contribution < 1.29 is 14.2 Å². The van der Waals surface area contributed by atoms with Crippen molar-refractivity contribution in [2.75, 3.05) is 0 Å². The Morgan fingerprint density at radius 3 is 1.63 bits per heavy atom. The Balaban J connectivity index is 1.97. The topological polar surface area (TPSA) is 98.6 Å². The molecule has 0 bridgehead atoms. The van der Waals surface area contributed by atoms with Crippen molar-refractivity contribution in [2.24, 2.45) is 4.99 Å². The molecule has 0 heterocycles. The van der Waals surface area contributed by atoms with Crippen molar-refractivity contribution in [3.63, 3.8) is 0 Å². The molecule has 0 fully saturated rings. The van der Waals surface area contributed by atoms with Gasteiger partial charge < -0.3 is 0 Å². The maximum absolute atomic E-state index is 13.2. The van der Waals surface area contributed by atoms with Crippen molar-refractivity contribution in [3.8, 4) is 11.1 Å². The lowest BCUT2D eigenvalue weighted by Gasteiger charge is -2.03. The summed E-state index contributed by atoms with van der Waals surface area (Å²) in [7, 11) is 0. The summed E-state index contributed by atoms with van der Waals surface area (Å²) in [6.45, 7) is 0. The van der Waals surface area contributed by atoms with Crippen molar-refractivity contribution >= 4 is 22.8 Å². The second-order valence-corrected chi connectivity index (χ2v) is 5.91. The minimum Gasteiger partial charge on any atom is -0.258 e. The Hall–Kier alpha value is -3.94. The number of hydrogen-bond acceptors (Lipinski definition) is 5. The van der Waals surface area contributed by atoms with Gasteiger partial charge in [0.1, 0.15) is 5.82 Å². The molecule has 0 saturated carbocycles. The first-order chi connectivity index (χ1) is 12.9. The molecule has 0 unspecified atom stereocenters. The summed E-state index contributed by atoms with van der Waals surface area (Å²) < 4.78 is 13.2. The summed E-state index contributed by atoms with van der Waals surface area (Å²) >= 11 is 0. The average Bonchev–Trinajstić information content (AvgIpc) is 2.96. The largest absolute Gasteiger partial charge is 0.270 e. The lowest BCUT2D eigenvalue weighted by Crippen LogP contribution is -2.00. The Morgan fingerprint density at radius 2 is 1.19 bits per heavy atom. The summed E-state index contributed by atoms with van der Waals surface area (Å²) in [5, 5.41) is 22.3. The molecule has 0 N–H and O–H groups in total. The van der Waals surface area contributed by atoms with Gasteiger partial charge in [-0.05, 0) is 47.5 Å². The first kappa shape index (κ1) is 16.5. The highest BCUT2D eigenvalue weighted by Gasteiger charge is 2.29. The standard InChI is InChI=1S/C19H10FN3O4/c20-11-1-3-12(4-2-11)21-19-17-9-13(22(24)25)5-7-15(17)16-8-6-14(23(26)27)10-18(16)19/h1-10H. The van der Waals surface area contributed by atoms with Crippen LogP contribution >= 0.6 is 0 Å². The molecule has 132 valence electrons. The fourth-order valence-electron chi connectivity index (χ4n) is 3.06. The van der Waals surface area contributed by atoms with E-state index in [2.05, 4.69) is 4.99 Å². The second kappa shape index (κ2) is 6.10. The van der Waals surface area contributed by atoms with Crippen LogP contribution in [0.3, 0.4) is 0 Å². The van der Waals surface area contributed by atoms with E-state index in [-0.39, 0.29) is 11.4 Å². The monoisotopic (exact) mass is 363 g/mol. The minimum atomic E-state index is -0.513. The van der Waals surface area contributed by atoms with Crippen molar-refractivity contribution in [3.05, 3.63) is 97.8 Å². The van der Waals surface area contributed by atoms with Gasteiger partial charge in [-0.25, -0.2) is 9.38 Å². The molecule has 0 atom stereocenters. The van der Waals surface area contributed by atoms with E-state index in [1.54, 1.807) is 12.1 Å². The van der Waals surface area contributed by atoms with Gasteiger partial charge in [-0.1, -0.05) is 0 Å².